The van der Waals surface area contributed by atoms with Crippen LogP contribution < -0.4 is 10.2 Å². The zero-order chi connectivity index (χ0) is 17.3. The number of urea groups is 1. The molecule has 8 heteroatoms. The minimum atomic E-state index is -0.990. The third kappa shape index (κ3) is 3.03. The van der Waals surface area contributed by atoms with E-state index in [4.69, 9.17) is 11.6 Å². The summed E-state index contributed by atoms with van der Waals surface area (Å²) in [6, 6.07) is 3.62. The van der Waals surface area contributed by atoms with Crippen molar-refractivity contribution in [2.45, 2.75) is 25.3 Å². The maximum absolute atomic E-state index is 12.8. The number of hydrogen-bond donors (Lipinski definition) is 2. The Bertz CT molecular complexity index is 694. The fourth-order valence-corrected chi connectivity index (χ4v) is 3.37. The zero-order valence-electron chi connectivity index (χ0n) is 13.0. The summed E-state index contributed by atoms with van der Waals surface area (Å²) in [6.07, 6.45) is 2.03. The molecule has 7 nitrogen and oxygen atoms in total. The lowest BCUT2D eigenvalue weighted by Gasteiger charge is -2.33. The summed E-state index contributed by atoms with van der Waals surface area (Å²) in [5.74, 6) is -1.34. The molecule has 0 aliphatic carbocycles. The number of hydrogen-bond acceptors (Lipinski definition) is 3. The molecule has 1 aromatic rings. The first kappa shape index (κ1) is 16.6. The molecule has 0 saturated carbocycles. The molecule has 2 aliphatic rings. The van der Waals surface area contributed by atoms with Crippen molar-refractivity contribution >= 4 is 35.2 Å². The van der Waals surface area contributed by atoms with Gasteiger partial charge >= 0.3 is 12.0 Å². The molecule has 1 aromatic carbocycles. The van der Waals surface area contributed by atoms with Gasteiger partial charge in [-0.2, -0.15) is 0 Å². The summed E-state index contributed by atoms with van der Waals surface area (Å²) >= 11 is 6.17. The number of carboxylic acids is 1. The SMILES string of the molecule is O=C(O)[C@H]1CCCCN1C(=O)c1ccc(Cl)c(N2CCNC2=O)c1. The first-order chi connectivity index (χ1) is 11.5. The molecule has 0 unspecified atom stereocenters. The number of halogens is 1. The maximum Gasteiger partial charge on any atom is 0.326 e. The first-order valence-corrected chi connectivity index (χ1v) is 8.25. The van der Waals surface area contributed by atoms with Crippen molar-refractivity contribution in [3.63, 3.8) is 0 Å². The lowest BCUT2D eigenvalue weighted by molar-refractivity contribution is -0.143. The number of amides is 3. The molecule has 3 amide bonds. The van der Waals surface area contributed by atoms with E-state index in [0.29, 0.717) is 42.3 Å². The van der Waals surface area contributed by atoms with Gasteiger partial charge in [0.15, 0.2) is 0 Å². The van der Waals surface area contributed by atoms with Crippen molar-refractivity contribution in [3.8, 4) is 0 Å². The summed E-state index contributed by atoms with van der Waals surface area (Å²) in [4.78, 5) is 38.9. The molecule has 2 saturated heterocycles. The van der Waals surface area contributed by atoms with Crippen LogP contribution in [0.3, 0.4) is 0 Å². The van der Waals surface area contributed by atoms with E-state index in [0.717, 1.165) is 12.8 Å². The predicted octanol–water partition coefficient (Wildman–Crippen LogP) is 1.95. The number of nitrogens with zero attached hydrogens (tertiary/aromatic N) is 2. The molecule has 128 valence electrons. The summed E-state index contributed by atoms with van der Waals surface area (Å²) in [5.41, 5.74) is 0.795. The Morgan fingerprint density at radius 3 is 2.71 bits per heavy atom. The van der Waals surface area contributed by atoms with Crippen molar-refractivity contribution < 1.29 is 19.5 Å². The van der Waals surface area contributed by atoms with E-state index in [2.05, 4.69) is 5.32 Å². The Morgan fingerprint density at radius 1 is 1.25 bits per heavy atom. The number of likely N-dealkylation sites (tertiary alicyclic amines) is 1. The second-order valence-corrected chi connectivity index (χ2v) is 6.31. The average Bonchev–Trinajstić information content (AvgIpc) is 3.00. The summed E-state index contributed by atoms with van der Waals surface area (Å²) < 4.78 is 0. The summed E-state index contributed by atoms with van der Waals surface area (Å²) in [6.45, 7) is 1.40. The van der Waals surface area contributed by atoms with E-state index in [-0.39, 0.29) is 11.9 Å². The van der Waals surface area contributed by atoms with Gasteiger partial charge in [0.05, 0.1) is 10.7 Å². The van der Waals surface area contributed by atoms with E-state index in [1.165, 1.54) is 9.80 Å². The standard InChI is InChI=1S/C16H18ClN3O4/c17-11-5-4-10(9-13(11)20-8-6-18-16(20)24)14(21)19-7-2-1-3-12(19)15(22)23/h4-5,9,12H,1-3,6-8H2,(H,18,24)(H,22,23)/t12-/m1/s1. The number of piperidine rings is 1. The van der Waals surface area contributed by atoms with Crippen LogP contribution in [0, 0.1) is 0 Å². The second kappa shape index (κ2) is 6.68. The van der Waals surface area contributed by atoms with Gasteiger partial charge in [0.2, 0.25) is 0 Å². The molecule has 0 spiro atoms. The van der Waals surface area contributed by atoms with Gasteiger partial charge in [-0.25, -0.2) is 9.59 Å². The molecule has 2 aliphatic heterocycles. The number of benzene rings is 1. The molecule has 0 radical (unpaired) electrons. The largest absolute Gasteiger partial charge is 0.480 e. The Labute approximate surface area is 144 Å². The second-order valence-electron chi connectivity index (χ2n) is 5.90. The first-order valence-electron chi connectivity index (χ1n) is 7.87. The van der Waals surface area contributed by atoms with Gasteiger partial charge in [0, 0.05) is 25.2 Å². The molecule has 0 bridgehead atoms. The smallest absolute Gasteiger partial charge is 0.326 e. The van der Waals surface area contributed by atoms with Crippen LogP contribution in [-0.4, -0.2) is 53.6 Å². The van der Waals surface area contributed by atoms with E-state index in [1.807, 2.05) is 0 Å². The van der Waals surface area contributed by atoms with Crippen molar-refractivity contribution in [1.82, 2.24) is 10.2 Å². The van der Waals surface area contributed by atoms with E-state index in [1.54, 1.807) is 18.2 Å². The predicted molar refractivity (Wildman–Crippen MR) is 88.5 cm³/mol. The molecule has 0 aromatic heterocycles. The van der Waals surface area contributed by atoms with E-state index < -0.39 is 12.0 Å². The van der Waals surface area contributed by atoms with Gasteiger partial charge < -0.3 is 15.3 Å². The number of carboxylic acid groups (broad SMARTS) is 1. The number of nitrogens with one attached hydrogen (secondary N) is 1. The number of carbonyl (C=O) groups excluding carboxylic acids is 2. The molecule has 2 N–H and O–H groups in total. The third-order valence-electron chi connectivity index (χ3n) is 4.39. The van der Waals surface area contributed by atoms with Crippen LogP contribution in [0.1, 0.15) is 29.6 Å². The zero-order valence-corrected chi connectivity index (χ0v) is 13.8. The van der Waals surface area contributed by atoms with Crippen molar-refractivity contribution in [1.29, 1.82) is 0 Å². The van der Waals surface area contributed by atoms with Crippen LogP contribution in [0.15, 0.2) is 18.2 Å². The van der Waals surface area contributed by atoms with Gasteiger partial charge in [0.1, 0.15) is 6.04 Å². The van der Waals surface area contributed by atoms with E-state index >= 15 is 0 Å². The van der Waals surface area contributed by atoms with Crippen LogP contribution in [0.2, 0.25) is 5.02 Å². The Kier molecular flexibility index (Phi) is 4.62. The maximum atomic E-state index is 12.8. The molecule has 1 atom stereocenters. The highest BCUT2D eigenvalue weighted by atomic mass is 35.5. The number of rotatable bonds is 3. The normalized spacial score (nSPS) is 20.9. The number of carbonyl (C=O) groups is 3. The fourth-order valence-electron chi connectivity index (χ4n) is 3.15. The van der Waals surface area contributed by atoms with Gasteiger partial charge in [-0.1, -0.05) is 11.6 Å². The topological polar surface area (TPSA) is 89.9 Å². The molecule has 2 heterocycles. The average molecular weight is 352 g/mol. The molecular weight excluding hydrogens is 334 g/mol. The van der Waals surface area contributed by atoms with Crippen LogP contribution in [0.25, 0.3) is 0 Å². The minimum Gasteiger partial charge on any atom is -0.480 e. The van der Waals surface area contributed by atoms with Crippen LogP contribution in [0.4, 0.5) is 10.5 Å². The van der Waals surface area contributed by atoms with E-state index in [9.17, 15) is 19.5 Å². The fraction of sp³-hybridized carbons (Fsp3) is 0.438. The Balaban J connectivity index is 1.90. The van der Waals surface area contributed by atoms with Crippen LogP contribution in [-0.2, 0) is 4.79 Å². The molecular formula is C16H18ClN3O4. The highest BCUT2D eigenvalue weighted by Gasteiger charge is 2.33. The molecule has 24 heavy (non-hydrogen) atoms. The Hall–Kier alpha value is -2.28. The van der Waals surface area contributed by atoms with Gasteiger partial charge in [0.25, 0.3) is 5.91 Å². The minimum absolute atomic E-state index is 0.261. The van der Waals surface area contributed by atoms with Crippen molar-refractivity contribution in [2.24, 2.45) is 0 Å². The molecule has 3 rings (SSSR count). The monoisotopic (exact) mass is 351 g/mol. The van der Waals surface area contributed by atoms with Gasteiger partial charge in [-0.15, -0.1) is 0 Å². The summed E-state index contributed by atoms with van der Waals surface area (Å²) in [7, 11) is 0. The number of aliphatic carboxylic acids is 1. The van der Waals surface area contributed by atoms with Gasteiger partial charge in [-0.3, -0.25) is 9.69 Å². The lowest BCUT2D eigenvalue weighted by atomic mass is 10.0. The third-order valence-corrected chi connectivity index (χ3v) is 4.71. The summed E-state index contributed by atoms with van der Waals surface area (Å²) in [5, 5.41) is 12.4. The van der Waals surface area contributed by atoms with Crippen LogP contribution >= 0.6 is 11.6 Å². The quantitative estimate of drug-likeness (QED) is 0.871. The van der Waals surface area contributed by atoms with Crippen molar-refractivity contribution in [3.05, 3.63) is 28.8 Å². The van der Waals surface area contributed by atoms with Crippen LogP contribution in [0.5, 0.6) is 0 Å². The van der Waals surface area contributed by atoms with Crippen molar-refractivity contribution in [2.75, 3.05) is 24.5 Å². The van der Waals surface area contributed by atoms with Gasteiger partial charge in [-0.05, 0) is 37.5 Å². The lowest BCUT2D eigenvalue weighted by Crippen LogP contribution is -2.48. The highest BCUT2D eigenvalue weighted by Crippen LogP contribution is 2.29. The Morgan fingerprint density at radius 2 is 2.04 bits per heavy atom. The highest BCUT2D eigenvalue weighted by molar-refractivity contribution is 6.34. The number of anilines is 1. The molecule has 2 fully saturated rings.